The minimum Gasteiger partial charge on any atom is -0.440 e. The van der Waals surface area contributed by atoms with Gasteiger partial charge in [-0.25, -0.2) is 15.0 Å². The third-order valence-electron chi connectivity index (χ3n) is 7.19. The number of aryl methyl sites for hydroxylation is 1. The number of aromatic nitrogens is 3. The molecule has 3 heterocycles. The van der Waals surface area contributed by atoms with Crippen LogP contribution in [0.4, 0.5) is 5.69 Å². The van der Waals surface area contributed by atoms with Gasteiger partial charge in [-0.15, -0.1) is 0 Å². The molecule has 32 heavy (non-hydrogen) atoms. The Morgan fingerprint density at radius 2 is 1.69 bits per heavy atom. The van der Waals surface area contributed by atoms with Gasteiger partial charge in [-0.05, 0) is 55.0 Å². The molecule has 6 rings (SSSR count). The molecule has 2 aliphatic rings. The van der Waals surface area contributed by atoms with Gasteiger partial charge in [0, 0.05) is 23.8 Å². The summed E-state index contributed by atoms with van der Waals surface area (Å²) < 4.78 is 5.38. The zero-order valence-corrected chi connectivity index (χ0v) is 18.3. The van der Waals surface area contributed by atoms with Gasteiger partial charge in [-0.1, -0.05) is 48.4 Å². The van der Waals surface area contributed by atoms with Crippen molar-refractivity contribution in [1.82, 2.24) is 15.0 Å². The zero-order valence-electron chi connectivity index (χ0n) is 18.3. The SMILES string of the molecule is Cc1ccc(C2(c3ccc(N4CCc5cnc(-c6cnco6)nc5C4)cc3)CCC2)cc1. The predicted octanol–water partition coefficient (Wildman–Crippen LogP) is 5.47. The van der Waals surface area contributed by atoms with Gasteiger partial charge in [0.15, 0.2) is 18.0 Å². The number of hydrogen-bond donors (Lipinski definition) is 0. The predicted molar refractivity (Wildman–Crippen MR) is 125 cm³/mol. The minimum atomic E-state index is 0.180. The maximum Gasteiger partial charge on any atom is 0.197 e. The van der Waals surface area contributed by atoms with Crippen LogP contribution in [0.3, 0.4) is 0 Å². The molecule has 0 N–H and O–H groups in total. The molecule has 2 aromatic heterocycles. The highest BCUT2D eigenvalue weighted by atomic mass is 16.3. The van der Waals surface area contributed by atoms with E-state index in [0.29, 0.717) is 11.6 Å². The first-order valence-corrected chi connectivity index (χ1v) is 11.4. The summed E-state index contributed by atoms with van der Waals surface area (Å²) in [6, 6.07) is 18.4. The molecule has 0 spiro atoms. The Bertz CT molecular complexity index is 1230. The van der Waals surface area contributed by atoms with Gasteiger partial charge in [0.05, 0.1) is 18.4 Å². The number of oxazole rings is 1. The maximum absolute atomic E-state index is 5.38. The molecule has 160 valence electrons. The third-order valence-corrected chi connectivity index (χ3v) is 7.19. The molecule has 0 unspecified atom stereocenters. The van der Waals surface area contributed by atoms with Crippen molar-refractivity contribution in [2.24, 2.45) is 0 Å². The van der Waals surface area contributed by atoms with E-state index in [1.165, 1.54) is 53.6 Å². The van der Waals surface area contributed by atoms with Crippen LogP contribution in [0.5, 0.6) is 0 Å². The number of fused-ring (bicyclic) bond motifs is 1. The summed E-state index contributed by atoms with van der Waals surface area (Å²) in [5.41, 5.74) is 7.91. The fraction of sp³-hybridized carbons (Fsp3) is 0.296. The molecule has 0 saturated heterocycles. The number of nitrogens with zero attached hydrogens (tertiary/aromatic N) is 4. The van der Waals surface area contributed by atoms with Crippen LogP contribution < -0.4 is 4.90 Å². The van der Waals surface area contributed by atoms with Crippen LogP contribution in [0, 0.1) is 6.92 Å². The molecule has 2 aromatic carbocycles. The van der Waals surface area contributed by atoms with Crippen molar-refractivity contribution in [2.45, 2.75) is 44.6 Å². The molecule has 5 heteroatoms. The second-order valence-electron chi connectivity index (χ2n) is 9.05. The molecule has 0 amide bonds. The Kier molecular flexibility index (Phi) is 4.56. The van der Waals surface area contributed by atoms with Crippen molar-refractivity contribution >= 4 is 5.69 Å². The lowest BCUT2D eigenvalue weighted by Gasteiger charge is -2.43. The van der Waals surface area contributed by atoms with Gasteiger partial charge in [-0.3, -0.25) is 0 Å². The molecule has 4 aromatic rings. The number of rotatable bonds is 4. The summed E-state index contributed by atoms with van der Waals surface area (Å²) in [6.45, 7) is 3.91. The van der Waals surface area contributed by atoms with Crippen LogP contribution in [0.1, 0.15) is 47.2 Å². The highest BCUT2D eigenvalue weighted by Gasteiger charge is 2.40. The molecular weight excluding hydrogens is 396 g/mol. The Morgan fingerprint density at radius 1 is 0.938 bits per heavy atom. The van der Waals surface area contributed by atoms with Crippen LogP contribution in [0.25, 0.3) is 11.6 Å². The average molecular weight is 423 g/mol. The summed E-state index contributed by atoms with van der Waals surface area (Å²) in [5, 5.41) is 0. The smallest absolute Gasteiger partial charge is 0.197 e. The Balaban J connectivity index is 1.25. The first-order valence-electron chi connectivity index (χ1n) is 11.4. The Hall–Kier alpha value is -3.47. The average Bonchev–Trinajstić information content (AvgIpc) is 3.34. The number of anilines is 1. The molecule has 0 bridgehead atoms. The summed E-state index contributed by atoms with van der Waals surface area (Å²) >= 11 is 0. The molecule has 1 aliphatic heterocycles. The zero-order chi connectivity index (χ0) is 21.5. The summed E-state index contributed by atoms with van der Waals surface area (Å²) in [6.07, 6.45) is 9.71. The molecule has 1 aliphatic carbocycles. The van der Waals surface area contributed by atoms with Gasteiger partial charge < -0.3 is 9.32 Å². The first-order chi connectivity index (χ1) is 15.7. The van der Waals surface area contributed by atoms with Gasteiger partial charge in [-0.2, -0.15) is 0 Å². The minimum absolute atomic E-state index is 0.180. The van der Waals surface area contributed by atoms with Crippen LogP contribution >= 0.6 is 0 Å². The monoisotopic (exact) mass is 422 g/mol. The van der Waals surface area contributed by atoms with Crippen molar-refractivity contribution in [2.75, 3.05) is 11.4 Å². The van der Waals surface area contributed by atoms with Crippen molar-refractivity contribution in [3.8, 4) is 11.6 Å². The van der Waals surface area contributed by atoms with Gasteiger partial charge in [0.2, 0.25) is 0 Å². The molecule has 0 radical (unpaired) electrons. The normalized spacial score (nSPS) is 17.0. The van der Waals surface area contributed by atoms with E-state index < -0.39 is 0 Å². The Morgan fingerprint density at radius 3 is 2.34 bits per heavy atom. The number of benzene rings is 2. The van der Waals surface area contributed by atoms with E-state index in [1.54, 1.807) is 6.20 Å². The van der Waals surface area contributed by atoms with E-state index in [0.717, 1.165) is 25.2 Å². The van der Waals surface area contributed by atoms with E-state index in [2.05, 4.69) is 70.3 Å². The second kappa shape index (κ2) is 7.59. The summed E-state index contributed by atoms with van der Waals surface area (Å²) in [5.74, 6) is 1.21. The fourth-order valence-corrected chi connectivity index (χ4v) is 5.11. The topological polar surface area (TPSA) is 55.1 Å². The van der Waals surface area contributed by atoms with E-state index in [9.17, 15) is 0 Å². The van der Waals surface area contributed by atoms with Crippen molar-refractivity contribution in [3.05, 3.63) is 95.3 Å². The molecule has 5 nitrogen and oxygen atoms in total. The van der Waals surface area contributed by atoms with Gasteiger partial charge in [0.25, 0.3) is 0 Å². The van der Waals surface area contributed by atoms with Crippen molar-refractivity contribution in [1.29, 1.82) is 0 Å². The highest BCUT2D eigenvalue weighted by molar-refractivity contribution is 5.54. The van der Waals surface area contributed by atoms with Crippen molar-refractivity contribution < 1.29 is 4.42 Å². The van der Waals surface area contributed by atoms with Gasteiger partial charge in [0.1, 0.15) is 0 Å². The third kappa shape index (κ3) is 3.20. The maximum atomic E-state index is 5.38. The highest BCUT2D eigenvalue weighted by Crippen LogP contribution is 2.49. The van der Waals surface area contributed by atoms with Crippen LogP contribution in [0.2, 0.25) is 0 Å². The summed E-state index contributed by atoms with van der Waals surface area (Å²) in [4.78, 5) is 15.6. The fourth-order valence-electron chi connectivity index (χ4n) is 5.11. The molecule has 1 fully saturated rings. The molecule has 0 atom stereocenters. The lowest BCUT2D eigenvalue weighted by atomic mass is 9.60. The second-order valence-corrected chi connectivity index (χ2v) is 9.05. The van der Waals surface area contributed by atoms with E-state index in [4.69, 9.17) is 9.40 Å². The van der Waals surface area contributed by atoms with Gasteiger partial charge >= 0.3 is 0 Å². The van der Waals surface area contributed by atoms with Crippen LogP contribution in [0.15, 0.2) is 71.7 Å². The molecular formula is C27H26N4O. The Labute approximate surface area is 188 Å². The lowest BCUT2D eigenvalue weighted by Crippen LogP contribution is -2.35. The van der Waals surface area contributed by atoms with Crippen molar-refractivity contribution in [3.63, 3.8) is 0 Å². The van der Waals surface area contributed by atoms with E-state index in [1.807, 2.05) is 6.20 Å². The van der Waals surface area contributed by atoms with E-state index in [-0.39, 0.29) is 5.41 Å². The first kappa shape index (κ1) is 19.2. The van der Waals surface area contributed by atoms with Crippen LogP contribution in [-0.2, 0) is 18.4 Å². The van der Waals surface area contributed by atoms with Crippen LogP contribution in [-0.4, -0.2) is 21.5 Å². The summed E-state index contributed by atoms with van der Waals surface area (Å²) in [7, 11) is 0. The quantitative estimate of drug-likeness (QED) is 0.436. The molecule has 1 saturated carbocycles. The van der Waals surface area contributed by atoms with E-state index >= 15 is 0 Å². The number of hydrogen-bond acceptors (Lipinski definition) is 5. The largest absolute Gasteiger partial charge is 0.440 e. The standard InChI is InChI=1S/C27H26N4O/c1-19-3-5-21(6-4-19)27(12-2-13-27)22-7-9-23(10-8-22)31-14-11-20-15-29-26(30-24(20)17-31)25-16-28-18-32-25/h3-10,15-16,18H,2,11-14,17H2,1H3. The lowest BCUT2D eigenvalue weighted by molar-refractivity contribution is 0.301.